The standard InChI is InChI=1S/C14H19NO3/c1-9-5-4-6-10(13(9)17)14(18)15-11-7-2-3-8-12(11)16/h4-6,11-12,16-17H,2-3,7-8H2,1H3,(H,15,18)/t11-,12-/m1/s1. The lowest BCUT2D eigenvalue weighted by atomic mass is 9.92. The molecular formula is C14H19NO3. The number of amides is 1. The van der Waals surface area contributed by atoms with Crippen molar-refractivity contribution in [2.75, 3.05) is 0 Å². The lowest BCUT2D eigenvalue weighted by Gasteiger charge is -2.28. The topological polar surface area (TPSA) is 69.6 Å². The van der Waals surface area contributed by atoms with Crippen LogP contribution in [0.4, 0.5) is 0 Å². The number of aryl methyl sites for hydroxylation is 1. The van der Waals surface area contributed by atoms with Gasteiger partial charge in [0.15, 0.2) is 0 Å². The average molecular weight is 249 g/mol. The second-order valence-electron chi connectivity index (χ2n) is 4.90. The van der Waals surface area contributed by atoms with Crippen LogP contribution in [-0.2, 0) is 0 Å². The van der Waals surface area contributed by atoms with Crippen LogP contribution < -0.4 is 5.32 Å². The zero-order chi connectivity index (χ0) is 13.1. The van der Waals surface area contributed by atoms with Gasteiger partial charge < -0.3 is 15.5 Å². The van der Waals surface area contributed by atoms with E-state index in [0.29, 0.717) is 5.56 Å². The first-order valence-electron chi connectivity index (χ1n) is 6.37. The van der Waals surface area contributed by atoms with Gasteiger partial charge in [0.1, 0.15) is 5.75 Å². The molecule has 98 valence electrons. The highest BCUT2D eigenvalue weighted by Gasteiger charge is 2.25. The number of para-hydroxylation sites is 1. The Balaban J connectivity index is 2.09. The van der Waals surface area contributed by atoms with Crippen LogP contribution in [0.5, 0.6) is 5.75 Å². The van der Waals surface area contributed by atoms with Crippen molar-refractivity contribution in [3.8, 4) is 5.75 Å². The minimum Gasteiger partial charge on any atom is -0.507 e. The largest absolute Gasteiger partial charge is 0.507 e. The fourth-order valence-electron chi connectivity index (χ4n) is 2.37. The molecule has 1 fully saturated rings. The van der Waals surface area contributed by atoms with E-state index >= 15 is 0 Å². The lowest BCUT2D eigenvalue weighted by Crippen LogP contribution is -2.45. The molecule has 2 atom stereocenters. The van der Waals surface area contributed by atoms with Gasteiger partial charge >= 0.3 is 0 Å². The van der Waals surface area contributed by atoms with Crippen molar-refractivity contribution >= 4 is 5.91 Å². The molecule has 4 nitrogen and oxygen atoms in total. The Kier molecular flexibility index (Phi) is 3.87. The molecule has 0 saturated heterocycles. The molecular weight excluding hydrogens is 230 g/mol. The summed E-state index contributed by atoms with van der Waals surface area (Å²) in [4.78, 5) is 12.0. The number of hydrogen-bond acceptors (Lipinski definition) is 3. The first-order chi connectivity index (χ1) is 8.59. The van der Waals surface area contributed by atoms with Crippen molar-refractivity contribution < 1.29 is 15.0 Å². The van der Waals surface area contributed by atoms with E-state index in [1.807, 2.05) is 0 Å². The van der Waals surface area contributed by atoms with Gasteiger partial charge in [-0.25, -0.2) is 0 Å². The van der Waals surface area contributed by atoms with E-state index < -0.39 is 6.10 Å². The molecule has 2 rings (SSSR count). The normalized spacial score (nSPS) is 23.7. The first kappa shape index (κ1) is 12.9. The Labute approximate surface area is 107 Å². The van der Waals surface area contributed by atoms with Crippen molar-refractivity contribution in [2.45, 2.75) is 44.8 Å². The van der Waals surface area contributed by atoms with Crippen LogP contribution in [0.25, 0.3) is 0 Å². The number of aromatic hydroxyl groups is 1. The number of rotatable bonds is 2. The van der Waals surface area contributed by atoms with E-state index in [2.05, 4.69) is 5.32 Å². The minimum absolute atomic E-state index is 0.0142. The number of benzene rings is 1. The van der Waals surface area contributed by atoms with Gasteiger partial charge in [-0.05, 0) is 31.4 Å². The zero-order valence-electron chi connectivity index (χ0n) is 10.5. The molecule has 1 aliphatic carbocycles. The van der Waals surface area contributed by atoms with Crippen LogP contribution in [-0.4, -0.2) is 28.3 Å². The summed E-state index contributed by atoms with van der Waals surface area (Å²) in [6.45, 7) is 1.75. The molecule has 0 heterocycles. The molecule has 3 N–H and O–H groups in total. The van der Waals surface area contributed by atoms with E-state index in [0.717, 1.165) is 25.7 Å². The Bertz CT molecular complexity index is 445. The summed E-state index contributed by atoms with van der Waals surface area (Å²) in [7, 11) is 0. The summed E-state index contributed by atoms with van der Waals surface area (Å²) in [6.07, 6.45) is 3.06. The number of phenols is 1. The maximum atomic E-state index is 12.0. The summed E-state index contributed by atoms with van der Waals surface area (Å²) in [6, 6.07) is 4.88. The average Bonchev–Trinajstić information content (AvgIpc) is 2.35. The van der Waals surface area contributed by atoms with Gasteiger partial charge in [0.05, 0.1) is 17.7 Å². The summed E-state index contributed by atoms with van der Waals surface area (Å²) < 4.78 is 0. The Morgan fingerprint density at radius 2 is 2.06 bits per heavy atom. The molecule has 1 aliphatic rings. The molecule has 1 aromatic rings. The second-order valence-corrected chi connectivity index (χ2v) is 4.90. The lowest BCUT2D eigenvalue weighted by molar-refractivity contribution is 0.0715. The maximum absolute atomic E-state index is 12.0. The van der Waals surface area contributed by atoms with Crippen LogP contribution >= 0.6 is 0 Å². The van der Waals surface area contributed by atoms with Crippen molar-refractivity contribution in [3.05, 3.63) is 29.3 Å². The summed E-state index contributed by atoms with van der Waals surface area (Å²) in [5, 5.41) is 22.5. The van der Waals surface area contributed by atoms with E-state index in [1.165, 1.54) is 0 Å². The summed E-state index contributed by atoms with van der Waals surface area (Å²) in [5.41, 5.74) is 0.944. The SMILES string of the molecule is Cc1cccc(C(=O)N[C@@H]2CCCC[C@H]2O)c1O. The Morgan fingerprint density at radius 1 is 1.33 bits per heavy atom. The van der Waals surface area contributed by atoms with Gasteiger partial charge in [-0.1, -0.05) is 25.0 Å². The molecule has 0 spiro atoms. The van der Waals surface area contributed by atoms with E-state index in [1.54, 1.807) is 25.1 Å². The van der Waals surface area contributed by atoms with Gasteiger partial charge in [0.2, 0.25) is 0 Å². The Morgan fingerprint density at radius 3 is 2.78 bits per heavy atom. The number of nitrogens with one attached hydrogen (secondary N) is 1. The molecule has 0 bridgehead atoms. The van der Waals surface area contributed by atoms with Crippen molar-refractivity contribution in [3.63, 3.8) is 0 Å². The van der Waals surface area contributed by atoms with Gasteiger partial charge in [0, 0.05) is 0 Å². The highest BCUT2D eigenvalue weighted by molar-refractivity contribution is 5.97. The van der Waals surface area contributed by atoms with Crippen LogP contribution in [0.1, 0.15) is 41.6 Å². The third-order valence-electron chi connectivity index (χ3n) is 3.53. The fourth-order valence-corrected chi connectivity index (χ4v) is 2.37. The number of carbonyl (C=O) groups excluding carboxylic acids is 1. The smallest absolute Gasteiger partial charge is 0.255 e. The van der Waals surface area contributed by atoms with Crippen molar-refractivity contribution in [1.82, 2.24) is 5.32 Å². The van der Waals surface area contributed by atoms with Crippen molar-refractivity contribution in [1.29, 1.82) is 0 Å². The quantitative estimate of drug-likeness (QED) is 0.747. The number of aliphatic hydroxyl groups is 1. The van der Waals surface area contributed by atoms with Crippen LogP contribution in [0.15, 0.2) is 18.2 Å². The third-order valence-corrected chi connectivity index (χ3v) is 3.53. The van der Waals surface area contributed by atoms with E-state index in [-0.39, 0.29) is 23.3 Å². The fraction of sp³-hybridized carbons (Fsp3) is 0.500. The molecule has 0 radical (unpaired) electrons. The summed E-state index contributed by atoms with van der Waals surface area (Å²) >= 11 is 0. The predicted molar refractivity (Wildman–Crippen MR) is 68.6 cm³/mol. The molecule has 1 saturated carbocycles. The van der Waals surface area contributed by atoms with Crippen LogP contribution in [0.3, 0.4) is 0 Å². The number of aliphatic hydroxyl groups excluding tert-OH is 1. The number of hydrogen-bond donors (Lipinski definition) is 3. The van der Waals surface area contributed by atoms with Gasteiger partial charge in [0.25, 0.3) is 5.91 Å². The second kappa shape index (κ2) is 5.40. The molecule has 0 unspecified atom stereocenters. The number of carbonyl (C=O) groups is 1. The minimum atomic E-state index is -0.477. The highest BCUT2D eigenvalue weighted by atomic mass is 16.3. The molecule has 0 aromatic heterocycles. The van der Waals surface area contributed by atoms with Gasteiger partial charge in [-0.2, -0.15) is 0 Å². The van der Waals surface area contributed by atoms with Crippen LogP contribution in [0.2, 0.25) is 0 Å². The van der Waals surface area contributed by atoms with Gasteiger partial charge in [-0.15, -0.1) is 0 Å². The third kappa shape index (κ3) is 2.64. The van der Waals surface area contributed by atoms with Crippen LogP contribution in [0, 0.1) is 6.92 Å². The van der Waals surface area contributed by atoms with E-state index in [4.69, 9.17) is 0 Å². The maximum Gasteiger partial charge on any atom is 0.255 e. The summed E-state index contributed by atoms with van der Waals surface area (Å²) in [5.74, 6) is -0.303. The highest BCUT2D eigenvalue weighted by Crippen LogP contribution is 2.23. The van der Waals surface area contributed by atoms with Gasteiger partial charge in [-0.3, -0.25) is 4.79 Å². The number of phenolic OH excluding ortho intramolecular Hbond substituents is 1. The molecule has 0 aliphatic heterocycles. The van der Waals surface area contributed by atoms with E-state index in [9.17, 15) is 15.0 Å². The monoisotopic (exact) mass is 249 g/mol. The zero-order valence-corrected chi connectivity index (χ0v) is 10.5. The molecule has 4 heteroatoms. The molecule has 1 amide bonds. The first-order valence-corrected chi connectivity index (χ1v) is 6.37. The van der Waals surface area contributed by atoms with Crippen molar-refractivity contribution in [2.24, 2.45) is 0 Å². The Hall–Kier alpha value is -1.55. The molecule has 1 aromatic carbocycles. The molecule has 18 heavy (non-hydrogen) atoms. The predicted octanol–water partition coefficient (Wildman–Crippen LogP) is 1.73.